The van der Waals surface area contributed by atoms with Crippen LogP contribution in [0.2, 0.25) is 0 Å². The number of phenols is 1. The highest BCUT2D eigenvalue weighted by Crippen LogP contribution is 2.53. The predicted molar refractivity (Wildman–Crippen MR) is 283 cm³/mol. The molecule has 4 aliphatic carbocycles. The third-order valence-corrected chi connectivity index (χ3v) is 16.2. The summed E-state index contributed by atoms with van der Waals surface area (Å²) in [5.41, 5.74) is 12.3. The van der Waals surface area contributed by atoms with Crippen LogP contribution in [0.4, 0.5) is 0 Å². The molecule has 0 unspecified atom stereocenters. The Kier molecular flexibility index (Phi) is 15.2. The highest BCUT2D eigenvalue weighted by Gasteiger charge is 2.57. The monoisotopic (exact) mass is 1070 g/mol. The minimum absolute atomic E-state index is 0.0369. The standard InChI is InChI=1S/C59H64N4O15/c1-29-54(71)59(73,74)55(75-28-38-19-21-62-57(61)63-38)56(76-29)78-53-41-10-4-9-37(60)16-17-39(67)23-32-7-3-6-31(22-32)11-18-40-44(77-30(2)66)25-35(26-64)45-46(40)52(70)47(41)48(51(45)69)50(68)42(53)24-34-13-12-33-14-15-36-8-5-20-58(36,72)49(33)43(34)27-65/h3,6-7,11-13,18,22,25,27,29,36-39,54-56,64,67-68,71-74H,5,8,10,14-17,19-21,23-24,26,28,60H2,1-2H3,(H3,61,62,63)/b18-11+/t29-,36+,37-,38+,39+,54+,55-,56+,58-/m0/s1. The van der Waals surface area contributed by atoms with Crippen molar-refractivity contribution in [3.05, 3.63) is 120 Å². The summed E-state index contributed by atoms with van der Waals surface area (Å²) in [5.74, 6) is -0.940. The third-order valence-electron chi connectivity index (χ3n) is 16.2. The lowest BCUT2D eigenvalue weighted by Gasteiger charge is -2.46. The molecule has 410 valence electrons. The van der Waals surface area contributed by atoms with E-state index >= 15 is 9.59 Å². The lowest BCUT2D eigenvalue weighted by atomic mass is 9.70. The number of rotatable bonds is 10. The Morgan fingerprint density at radius 1 is 0.987 bits per heavy atom. The number of esters is 1. The van der Waals surface area contributed by atoms with Crippen molar-refractivity contribution >= 4 is 41.9 Å². The van der Waals surface area contributed by atoms with Crippen LogP contribution in [-0.4, -0.2) is 127 Å². The summed E-state index contributed by atoms with van der Waals surface area (Å²) < 4.78 is 25.0. The molecule has 9 atom stereocenters. The zero-order valence-electron chi connectivity index (χ0n) is 43.3. The number of phenolic OH excluding ortho intramolecular Hbond substituents is 1. The number of aliphatic imine (C=N–C) groups is 1. The Morgan fingerprint density at radius 3 is 2.54 bits per heavy atom. The van der Waals surface area contributed by atoms with Gasteiger partial charge in [-0.3, -0.25) is 24.2 Å². The Hall–Kier alpha value is -6.83. The molecule has 4 aromatic carbocycles. The van der Waals surface area contributed by atoms with E-state index < -0.39 is 108 Å². The summed E-state index contributed by atoms with van der Waals surface area (Å²) in [7, 11) is 0. The minimum atomic E-state index is -3.08. The summed E-state index contributed by atoms with van der Waals surface area (Å²) in [4.78, 5) is 62.1. The summed E-state index contributed by atoms with van der Waals surface area (Å²) in [5, 5.41) is 85.4. The number of aromatic hydroxyl groups is 1. The second kappa shape index (κ2) is 21.8. The van der Waals surface area contributed by atoms with Crippen LogP contribution < -0.4 is 26.3 Å². The van der Waals surface area contributed by atoms with E-state index in [9.17, 15) is 45.3 Å². The zero-order valence-corrected chi connectivity index (χ0v) is 43.3. The van der Waals surface area contributed by atoms with Crippen molar-refractivity contribution in [2.24, 2.45) is 22.4 Å². The third kappa shape index (κ3) is 10.0. The smallest absolute Gasteiger partial charge is 0.308 e. The number of nitrogens with two attached hydrogens (primary N) is 2. The first-order valence-electron chi connectivity index (χ1n) is 26.5. The molecule has 0 spiro atoms. The fourth-order valence-corrected chi connectivity index (χ4v) is 12.4. The van der Waals surface area contributed by atoms with Crippen molar-refractivity contribution in [1.29, 1.82) is 0 Å². The van der Waals surface area contributed by atoms with E-state index in [0.717, 1.165) is 30.9 Å². The summed E-state index contributed by atoms with van der Waals surface area (Å²) in [6, 6.07) is 10.7. The normalized spacial score (nSPS) is 27.6. The number of ketones is 2. The summed E-state index contributed by atoms with van der Waals surface area (Å²) >= 11 is 0. The van der Waals surface area contributed by atoms with Crippen LogP contribution in [0.5, 0.6) is 17.2 Å². The number of carbonyl (C=O) groups is 4. The van der Waals surface area contributed by atoms with Crippen molar-refractivity contribution < 1.29 is 73.9 Å². The second-order valence-electron chi connectivity index (χ2n) is 21.3. The quantitative estimate of drug-likeness (QED) is 0.0316. The minimum Gasteiger partial charge on any atom is -0.507 e. The van der Waals surface area contributed by atoms with Gasteiger partial charge in [0.15, 0.2) is 29.9 Å². The van der Waals surface area contributed by atoms with Crippen LogP contribution in [0.1, 0.15) is 151 Å². The first-order valence-corrected chi connectivity index (χ1v) is 26.5. The molecule has 2 aliphatic heterocycles. The van der Waals surface area contributed by atoms with E-state index in [1.807, 2.05) is 18.2 Å². The summed E-state index contributed by atoms with van der Waals surface area (Å²) in [6.07, 6.45) is -0.655. The fraction of sp³-hybridized carbons (Fsp3) is 0.441. The van der Waals surface area contributed by atoms with Crippen molar-refractivity contribution in [3.63, 3.8) is 0 Å². The van der Waals surface area contributed by atoms with E-state index in [-0.39, 0.29) is 88.2 Å². The van der Waals surface area contributed by atoms with Gasteiger partial charge in [-0.15, -0.1) is 0 Å². The molecule has 0 radical (unpaired) electrons. The first-order chi connectivity index (χ1) is 37.3. The number of carbonyl (C=O) groups excluding carboxylic acids is 4. The molecule has 4 bridgehead atoms. The Labute approximate surface area is 449 Å². The molecule has 19 nitrogen and oxygen atoms in total. The van der Waals surface area contributed by atoms with Gasteiger partial charge >= 0.3 is 5.97 Å². The average Bonchev–Trinajstić information content (AvgIpc) is 3.66. The van der Waals surface area contributed by atoms with Crippen LogP contribution in [0.25, 0.3) is 12.2 Å². The maximum absolute atomic E-state index is 16.0. The van der Waals surface area contributed by atoms with Gasteiger partial charge < -0.3 is 71.5 Å². The molecule has 6 aliphatic rings. The number of nitrogens with zero attached hydrogens (tertiary/aromatic N) is 1. The Bertz CT molecular complexity index is 3230. The number of benzene rings is 4. The second-order valence-corrected chi connectivity index (χ2v) is 21.3. The lowest BCUT2D eigenvalue weighted by Crippen LogP contribution is -2.68. The van der Waals surface area contributed by atoms with Gasteiger partial charge in [0.05, 0.1) is 48.7 Å². The number of ether oxygens (including phenoxy) is 4. The van der Waals surface area contributed by atoms with Gasteiger partial charge in [0.1, 0.15) is 23.4 Å². The van der Waals surface area contributed by atoms with Crippen molar-refractivity contribution in [2.75, 3.05) is 13.2 Å². The molecule has 10 rings (SSSR count). The lowest BCUT2D eigenvalue weighted by molar-refractivity contribution is -0.379. The van der Waals surface area contributed by atoms with E-state index in [0.29, 0.717) is 55.2 Å². The average molecular weight is 1070 g/mol. The Balaban J connectivity index is 1.24. The van der Waals surface area contributed by atoms with E-state index in [2.05, 4.69) is 22.2 Å². The fourth-order valence-electron chi connectivity index (χ4n) is 12.4. The number of nitrogens with one attached hydrogen (secondary N) is 1. The van der Waals surface area contributed by atoms with Gasteiger partial charge in [-0.1, -0.05) is 54.3 Å². The van der Waals surface area contributed by atoms with Crippen molar-refractivity contribution in [2.45, 2.75) is 145 Å². The van der Waals surface area contributed by atoms with E-state index in [1.165, 1.54) is 19.1 Å². The molecule has 0 aromatic heterocycles. The molecule has 19 heteroatoms. The molecule has 2 heterocycles. The molecule has 1 saturated carbocycles. The van der Waals surface area contributed by atoms with Crippen LogP contribution in [0.3, 0.4) is 0 Å². The molecule has 0 amide bonds. The van der Waals surface area contributed by atoms with Crippen molar-refractivity contribution in [1.82, 2.24) is 5.32 Å². The Morgan fingerprint density at radius 2 is 1.78 bits per heavy atom. The molecule has 1 saturated heterocycles. The van der Waals surface area contributed by atoms with E-state index in [1.54, 1.807) is 24.3 Å². The zero-order chi connectivity index (χ0) is 55.4. The highest BCUT2D eigenvalue weighted by molar-refractivity contribution is 6.32. The number of hydrogen-bond donors (Lipinski definition) is 10. The predicted octanol–water partition coefficient (Wildman–Crippen LogP) is 2.89. The molecule has 78 heavy (non-hydrogen) atoms. The number of aliphatic hydroxyl groups excluding tert-OH is 3. The topological polar surface area (TPSA) is 323 Å². The maximum Gasteiger partial charge on any atom is 0.308 e. The van der Waals surface area contributed by atoms with Gasteiger partial charge in [-0.2, -0.15) is 0 Å². The highest BCUT2D eigenvalue weighted by atomic mass is 16.7. The SMILES string of the molecule is CC(=O)Oc1cc(CO)c2c3c1/C=C/c1cccc(c1)C[C@H](O)CC[C@@H](N)C#CCc1c(O[C@H]4O[C@@H](C)[C@@H](O)C(O)(O)[C@H]4OC[C@H]4CCN=C(N)N4)c(Cc4ccc5c(c4C=O)[C@]4(O)CCC[C@@H]4CC5)c(O)c(c1C3=O)C2=O. The molecule has 2 fully saturated rings. The number of aliphatic hydroxyl groups is 6. The molecular weight excluding hydrogens is 1000 g/mol. The first kappa shape index (κ1) is 54.5. The molecule has 12 N–H and O–H groups in total. The van der Waals surface area contributed by atoms with Crippen LogP contribution in [0, 0.1) is 17.8 Å². The largest absolute Gasteiger partial charge is 0.507 e. The number of aryl methyl sites for hydroxylation is 1. The van der Waals surface area contributed by atoms with Gasteiger partial charge in [0.2, 0.25) is 12.1 Å². The number of hydrogen-bond acceptors (Lipinski definition) is 19. The molecular formula is C59H64N4O15. The van der Waals surface area contributed by atoms with Crippen LogP contribution in [0.15, 0.2) is 47.5 Å². The van der Waals surface area contributed by atoms with Gasteiger partial charge in [0, 0.05) is 65.3 Å². The maximum atomic E-state index is 16.0. The summed E-state index contributed by atoms with van der Waals surface area (Å²) in [6.45, 7) is 1.77. The number of fused-ring (bicyclic) bond motifs is 5. The van der Waals surface area contributed by atoms with Crippen molar-refractivity contribution in [3.8, 4) is 29.1 Å². The van der Waals surface area contributed by atoms with Crippen LogP contribution in [-0.2, 0) is 52.2 Å². The van der Waals surface area contributed by atoms with Crippen LogP contribution >= 0.6 is 0 Å². The van der Waals surface area contributed by atoms with Gasteiger partial charge in [0.25, 0.3) is 0 Å². The van der Waals surface area contributed by atoms with E-state index in [4.69, 9.17) is 30.4 Å². The molecule has 4 aromatic rings. The number of guanidine groups is 1. The number of aldehydes is 1. The van der Waals surface area contributed by atoms with Gasteiger partial charge in [-0.25, -0.2) is 0 Å². The van der Waals surface area contributed by atoms with Gasteiger partial charge in [-0.05, 0) is 116 Å².